The van der Waals surface area contributed by atoms with Crippen LogP contribution in [0.25, 0.3) is 0 Å². The Labute approximate surface area is 182 Å². The molecular formula is C24H28N4OS. The Balaban J connectivity index is 1.35. The van der Waals surface area contributed by atoms with Crippen molar-refractivity contribution in [3.63, 3.8) is 0 Å². The number of thioether (sulfide) groups is 1. The van der Waals surface area contributed by atoms with Gasteiger partial charge in [-0.05, 0) is 30.4 Å². The van der Waals surface area contributed by atoms with E-state index >= 15 is 0 Å². The SMILES string of the molecule is CCC(CNC(=O)CSc1nnc(C2CC2)n1Cc1ccccc1)c1ccccc1. The normalized spacial score (nSPS) is 14.4. The van der Waals surface area contributed by atoms with E-state index in [4.69, 9.17) is 0 Å². The second-order valence-electron chi connectivity index (χ2n) is 7.80. The first kappa shape index (κ1) is 20.7. The summed E-state index contributed by atoms with van der Waals surface area (Å²) in [5.74, 6) is 2.29. The van der Waals surface area contributed by atoms with E-state index in [9.17, 15) is 4.79 Å². The van der Waals surface area contributed by atoms with Gasteiger partial charge in [-0.1, -0.05) is 79.3 Å². The van der Waals surface area contributed by atoms with Crippen molar-refractivity contribution < 1.29 is 4.79 Å². The van der Waals surface area contributed by atoms with Crippen LogP contribution in [0.4, 0.5) is 0 Å². The van der Waals surface area contributed by atoms with E-state index < -0.39 is 0 Å². The lowest BCUT2D eigenvalue weighted by Crippen LogP contribution is -2.29. The topological polar surface area (TPSA) is 59.8 Å². The third-order valence-electron chi connectivity index (χ3n) is 5.51. The average molecular weight is 421 g/mol. The molecule has 4 rings (SSSR count). The van der Waals surface area contributed by atoms with Crippen molar-refractivity contribution in [1.82, 2.24) is 20.1 Å². The summed E-state index contributed by atoms with van der Waals surface area (Å²) in [5.41, 5.74) is 2.49. The Kier molecular flexibility index (Phi) is 6.84. The number of aromatic nitrogens is 3. The minimum Gasteiger partial charge on any atom is -0.355 e. The summed E-state index contributed by atoms with van der Waals surface area (Å²) in [6.45, 7) is 3.56. The van der Waals surface area contributed by atoms with Gasteiger partial charge >= 0.3 is 0 Å². The predicted molar refractivity (Wildman–Crippen MR) is 121 cm³/mol. The molecule has 2 aromatic carbocycles. The molecule has 1 saturated carbocycles. The highest BCUT2D eigenvalue weighted by atomic mass is 32.2. The predicted octanol–water partition coefficient (Wildman–Crippen LogP) is 4.61. The highest BCUT2D eigenvalue weighted by Gasteiger charge is 2.30. The molecule has 0 bridgehead atoms. The highest BCUT2D eigenvalue weighted by Crippen LogP contribution is 2.40. The van der Waals surface area contributed by atoms with Gasteiger partial charge in [0.2, 0.25) is 5.91 Å². The number of carbonyl (C=O) groups is 1. The highest BCUT2D eigenvalue weighted by molar-refractivity contribution is 7.99. The average Bonchev–Trinajstić information content (AvgIpc) is 3.56. The first-order valence-corrected chi connectivity index (χ1v) is 11.6. The number of benzene rings is 2. The molecule has 1 fully saturated rings. The number of nitrogens with zero attached hydrogens (tertiary/aromatic N) is 3. The van der Waals surface area contributed by atoms with Gasteiger partial charge in [-0.2, -0.15) is 0 Å². The Morgan fingerprint density at radius 1 is 1.10 bits per heavy atom. The lowest BCUT2D eigenvalue weighted by atomic mass is 9.96. The molecule has 0 aliphatic heterocycles. The number of carbonyl (C=O) groups excluding carboxylic acids is 1. The third-order valence-corrected chi connectivity index (χ3v) is 6.48. The van der Waals surface area contributed by atoms with Gasteiger partial charge in [0, 0.05) is 18.4 Å². The molecule has 1 aliphatic rings. The monoisotopic (exact) mass is 420 g/mol. The van der Waals surface area contributed by atoms with Gasteiger partial charge < -0.3 is 9.88 Å². The molecule has 1 atom stereocenters. The largest absolute Gasteiger partial charge is 0.355 e. The molecule has 156 valence electrons. The van der Waals surface area contributed by atoms with E-state index in [0.717, 1.165) is 23.9 Å². The van der Waals surface area contributed by atoms with Crippen molar-refractivity contribution in [1.29, 1.82) is 0 Å². The molecule has 1 aromatic heterocycles. The van der Waals surface area contributed by atoms with Gasteiger partial charge in [-0.3, -0.25) is 4.79 Å². The van der Waals surface area contributed by atoms with Gasteiger partial charge in [0.1, 0.15) is 5.82 Å². The van der Waals surface area contributed by atoms with Crippen LogP contribution in [-0.2, 0) is 11.3 Å². The van der Waals surface area contributed by atoms with E-state index in [1.54, 1.807) is 0 Å². The molecule has 1 unspecified atom stereocenters. The van der Waals surface area contributed by atoms with Crippen LogP contribution in [-0.4, -0.2) is 33.0 Å². The van der Waals surface area contributed by atoms with Crippen molar-refractivity contribution in [3.05, 3.63) is 77.6 Å². The standard InChI is InChI=1S/C24H28N4OS/c1-2-19(20-11-7-4-8-12-20)15-25-22(29)17-30-24-27-26-23(21-13-14-21)28(24)16-18-9-5-3-6-10-18/h3-12,19,21H,2,13-17H2,1H3,(H,25,29). The van der Waals surface area contributed by atoms with Crippen LogP contribution in [0.3, 0.4) is 0 Å². The van der Waals surface area contributed by atoms with Crippen molar-refractivity contribution in [3.8, 4) is 0 Å². The van der Waals surface area contributed by atoms with Gasteiger partial charge in [-0.15, -0.1) is 10.2 Å². The first-order chi connectivity index (χ1) is 14.7. The molecule has 0 spiro atoms. The zero-order chi connectivity index (χ0) is 20.8. The van der Waals surface area contributed by atoms with Gasteiger partial charge in [-0.25, -0.2) is 0 Å². The van der Waals surface area contributed by atoms with E-state index in [1.165, 1.54) is 35.7 Å². The van der Waals surface area contributed by atoms with Crippen LogP contribution in [0.15, 0.2) is 65.8 Å². The Morgan fingerprint density at radius 2 is 1.80 bits per heavy atom. The summed E-state index contributed by atoms with van der Waals surface area (Å²) in [6, 6.07) is 20.7. The van der Waals surface area contributed by atoms with Crippen molar-refractivity contribution >= 4 is 17.7 Å². The molecule has 1 N–H and O–H groups in total. The number of hydrogen-bond acceptors (Lipinski definition) is 4. The zero-order valence-corrected chi connectivity index (χ0v) is 18.1. The minimum atomic E-state index is 0.0385. The molecule has 0 radical (unpaired) electrons. The van der Waals surface area contributed by atoms with Crippen LogP contribution in [0.2, 0.25) is 0 Å². The summed E-state index contributed by atoms with van der Waals surface area (Å²) >= 11 is 1.47. The van der Waals surface area contributed by atoms with Crippen LogP contribution in [0, 0.1) is 0 Å². The summed E-state index contributed by atoms with van der Waals surface area (Å²) < 4.78 is 2.18. The second-order valence-corrected chi connectivity index (χ2v) is 8.74. The molecule has 1 amide bonds. The lowest BCUT2D eigenvalue weighted by molar-refractivity contribution is -0.118. The zero-order valence-electron chi connectivity index (χ0n) is 17.3. The fourth-order valence-electron chi connectivity index (χ4n) is 3.61. The molecule has 3 aromatic rings. The smallest absolute Gasteiger partial charge is 0.230 e. The molecule has 1 aliphatic carbocycles. The fourth-order valence-corrected chi connectivity index (χ4v) is 4.38. The van der Waals surface area contributed by atoms with Crippen LogP contribution in [0.5, 0.6) is 0 Å². The van der Waals surface area contributed by atoms with E-state index in [0.29, 0.717) is 24.1 Å². The molecule has 6 heteroatoms. The summed E-state index contributed by atoms with van der Waals surface area (Å²) in [5, 5.41) is 12.8. The quantitative estimate of drug-likeness (QED) is 0.487. The number of nitrogens with one attached hydrogen (secondary N) is 1. The summed E-state index contributed by atoms with van der Waals surface area (Å²) in [4.78, 5) is 12.5. The van der Waals surface area contributed by atoms with Crippen LogP contribution in [0.1, 0.15) is 55.0 Å². The Bertz CT molecular complexity index is 954. The van der Waals surface area contributed by atoms with Crippen molar-refractivity contribution in [2.45, 2.75) is 49.7 Å². The molecule has 30 heavy (non-hydrogen) atoms. The van der Waals surface area contributed by atoms with Crippen molar-refractivity contribution in [2.24, 2.45) is 0 Å². The third kappa shape index (κ3) is 5.30. The van der Waals surface area contributed by atoms with Crippen molar-refractivity contribution in [2.75, 3.05) is 12.3 Å². The van der Waals surface area contributed by atoms with Crippen LogP contribution >= 0.6 is 11.8 Å². The lowest BCUT2D eigenvalue weighted by Gasteiger charge is -2.16. The number of hydrogen-bond donors (Lipinski definition) is 1. The number of rotatable bonds is 10. The van der Waals surface area contributed by atoms with E-state index in [1.807, 2.05) is 36.4 Å². The minimum absolute atomic E-state index is 0.0385. The van der Waals surface area contributed by atoms with Gasteiger partial charge in [0.05, 0.1) is 12.3 Å². The van der Waals surface area contributed by atoms with E-state index in [-0.39, 0.29) is 5.91 Å². The fraction of sp³-hybridized carbons (Fsp3) is 0.375. The first-order valence-electron chi connectivity index (χ1n) is 10.7. The summed E-state index contributed by atoms with van der Waals surface area (Å²) in [7, 11) is 0. The van der Waals surface area contributed by atoms with Crippen LogP contribution < -0.4 is 5.32 Å². The molecular weight excluding hydrogens is 392 g/mol. The molecule has 0 saturated heterocycles. The maximum atomic E-state index is 12.5. The van der Waals surface area contributed by atoms with E-state index in [2.05, 4.69) is 51.3 Å². The Morgan fingerprint density at radius 3 is 2.47 bits per heavy atom. The number of amides is 1. The van der Waals surface area contributed by atoms with Gasteiger partial charge in [0.25, 0.3) is 0 Å². The molecule has 1 heterocycles. The maximum absolute atomic E-state index is 12.5. The van der Waals surface area contributed by atoms with Gasteiger partial charge in [0.15, 0.2) is 5.16 Å². The maximum Gasteiger partial charge on any atom is 0.230 e. The second kappa shape index (κ2) is 9.94. The Hall–Kier alpha value is -2.60. The summed E-state index contributed by atoms with van der Waals surface area (Å²) in [6.07, 6.45) is 3.35. The molecule has 5 nitrogen and oxygen atoms in total.